The van der Waals surface area contributed by atoms with Crippen LogP contribution in [0.5, 0.6) is 11.5 Å². The van der Waals surface area contributed by atoms with Crippen LogP contribution in [0.3, 0.4) is 0 Å². The summed E-state index contributed by atoms with van der Waals surface area (Å²) in [6.07, 6.45) is 0.842. The van der Waals surface area contributed by atoms with Crippen LogP contribution in [0.2, 0.25) is 0 Å². The molecule has 0 atom stereocenters. The molecule has 1 N–H and O–H groups in total. The van der Waals surface area contributed by atoms with Gasteiger partial charge in [-0.25, -0.2) is 4.79 Å². The number of carboxylic acid groups (broad SMARTS) is 1. The Hall–Kier alpha value is -2.25. The molecule has 0 amide bonds. The van der Waals surface area contributed by atoms with E-state index in [0.29, 0.717) is 0 Å². The average Bonchev–Trinajstić information content (AvgIpc) is 2.29. The minimum absolute atomic E-state index is 0.227. The van der Waals surface area contributed by atoms with Crippen molar-refractivity contribution >= 4 is 11.5 Å². The number of carbonyl (C=O) groups is 1. The van der Waals surface area contributed by atoms with Crippen molar-refractivity contribution in [3.8, 4) is 11.5 Å². The van der Waals surface area contributed by atoms with Crippen LogP contribution < -0.4 is 9.47 Å². The summed E-state index contributed by atoms with van der Waals surface area (Å²) in [6.45, 7) is -5.01. The van der Waals surface area contributed by atoms with Gasteiger partial charge in [-0.1, -0.05) is 6.07 Å². The second-order valence-corrected chi connectivity index (χ2v) is 3.58. The highest BCUT2D eigenvalue weighted by atomic mass is 19.3. The molecule has 20 heavy (non-hydrogen) atoms. The van der Waals surface area contributed by atoms with E-state index < -0.39 is 30.7 Å². The summed E-state index contributed by atoms with van der Waals surface area (Å²) in [5, 5.41) is 8.58. The first-order chi connectivity index (χ1) is 9.29. The predicted octanol–water partition coefficient (Wildman–Crippen LogP) is 3.38. The Morgan fingerprint density at radius 1 is 1.15 bits per heavy atom. The molecule has 4 nitrogen and oxygen atoms in total. The molecule has 1 rings (SSSR count). The summed E-state index contributed by atoms with van der Waals surface area (Å²) < 4.78 is 56.8. The number of hydrogen-bond acceptors (Lipinski definition) is 3. The van der Waals surface area contributed by atoms with E-state index >= 15 is 0 Å². The van der Waals surface area contributed by atoms with E-state index in [9.17, 15) is 22.4 Å². The van der Waals surface area contributed by atoms with Crippen LogP contribution in [-0.2, 0) is 4.79 Å². The minimum atomic E-state index is -3.23. The van der Waals surface area contributed by atoms with Crippen LogP contribution in [-0.4, -0.2) is 24.3 Å². The first-order valence-corrected chi connectivity index (χ1v) is 5.25. The lowest BCUT2D eigenvalue weighted by atomic mass is 10.1. The van der Waals surface area contributed by atoms with E-state index in [0.717, 1.165) is 18.2 Å². The molecule has 1 aromatic carbocycles. The molecule has 0 heterocycles. The first kappa shape index (κ1) is 15.8. The molecule has 0 aliphatic heterocycles. The largest absolute Gasteiger partial charge is 0.478 e. The molecule has 0 unspecified atom stereocenters. The fraction of sp³-hybridized carbons (Fsp3) is 0.250. The maximum Gasteiger partial charge on any atom is 0.387 e. The van der Waals surface area contributed by atoms with Gasteiger partial charge in [0.15, 0.2) is 11.5 Å². The maximum absolute atomic E-state index is 12.2. The molecule has 0 aliphatic carbocycles. The molecule has 0 saturated heterocycles. The van der Waals surface area contributed by atoms with Crippen LogP contribution in [0.25, 0.3) is 5.57 Å². The highest BCUT2D eigenvalue weighted by Gasteiger charge is 2.15. The topological polar surface area (TPSA) is 55.8 Å². The van der Waals surface area contributed by atoms with E-state index in [-0.39, 0.29) is 11.1 Å². The van der Waals surface area contributed by atoms with Crippen molar-refractivity contribution in [2.24, 2.45) is 0 Å². The second-order valence-electron chi connectivity index (χ2n) is 3.58. The molecule has 0 aliphatic rings. The van der Waals surface area contributed by atoms with Crippen LogP contribution in [0.4, 0.5) is 17.6 Å². The predicted molar refractivity (Wildman–Crippen MR) is 61.0 cm³/mol. The monoisotopic (exact) mass is 294 g/mol. The smallest absolute Gasteiger partial charge is 0.387 e. The van der Waals surface area contributed by atoms with Crippen molar-refractivity contribution in [2.45, 2.75) is 20.1 Å². The standard InChI is InChI=1S/C12H10F4O4/c1-6(4-10(17)18)7-2-3-8(19-11(13)14)9(5-7)20-12(15)16/h2-5,11-12H,1H3,(H,17,18)/b6-4+. The van der Waals surface area contributed by atoms with Gasteiger partial charge < -0.3 is 14.6 Å². The Bertz CT molecular complexity index is 514. The lowest BCUT2D eigenvalue weighted by Crippen LogP contribution is -2.08. The number of carboxylic acids is 1. The maximum atomic E-state index is 12.2. The Morgan fingerprint density at radius 2 is 1.70 bits per heavy atom. The van der Waals surface area contributed by atoms with Gasteiger partial charge in [0.1, 0.15) is 0 Å². The van der Waals surface area contributed by atoms with Gasteiger partial charge in [0.05, 0.1) is 0 Å². The normalized spacial score (nSPS) is 11.8. The number of ether oxygens (including phenoxy) is 2. The summed E-state index contributed by atoms with van der Waals surface area (Å²) in [4.78, 5) is 10.5. The molecule has 0 bridgehead atoms. The molecular formula is C12H10F4O4. The molecule has 110 valence electrons. The highest BCUT2D eigenvalue weighted by Crippen LogP contribution is 2.33. The fourth-order valence-corrected chi connectivity index (χ4v) is 1.40. The van der Waals surface area contributed by atoms with Crippen molar-refractivity contribution in [2.75, 3.05) is 0 Å². The van der Waals surface area contributed by atoms with E-state index in [1.54, 1.807) is 0 Å². The SMILES string of the molecule is C/C(=C\C(=O)O)c1ccc(OC(F)F)c(OC(F)F)c1. The third-order valence-electron chi connectivity index (χ3n) is 2.17. The van der Waals surface area contributed by atoms with E-state index in [4.69, 9.17) is 5.11 Å². The highest BCUT2D eigenvalue weighted by molar-refractivity contribution is 5.89. The Labute approximate surface area is 111 Å². The summed E-state index contributed by atoms with van der Waals surface area (Å²) in [5.41, 5.74) is 0.463. The number of halogens is 4. The molecule has 1 aromatic rings. The molecule has 0 fully saturated rings. The van der Waals surface area contributed by atoms with Crippen molar-refractivity contribution in [1.29, 1.82) is 0 Å². The first-order valence-electron chi connectivity index (χ1n) is 5.25. The zero-order valence-corrected chi connectivity index (χ0v) is 10.1. The second kappa shape index (κ2) is 6.78. The summed E-state index contributed by atoms with van der Waals surface area (Å²) in [7, 11) is 0. The Morgan fingerprint density at radius 3 is 2.20 bits per heavy atom. The lowest BCUT2D eigenvalue weighted by Gasteiger charge is -2.13. The number of hydrogen-bond donors (Lipinski definition) is 1. The molecular weight excluding hydrogens is 284 g/mol. The molecule has 0 aromatic heterocycles. The van der Waals surface area contributed by atoms with Crippen LogP contribution in [0, 0.1) is 0 Å². The van der Waals surface area contributed by atoms with Gasteiger partial charge >= 0.3 is 19.2 Å². The van der Waals surface area contributed by atoms with Gasteiger partial charge in [-0.2, -0.15) is 17.6 Å². The summed E-state index contributed by atoms with van der Waals surface area (Å²) >= 11 is 0. The van der Waals surface area contributed by atoms with Crippen LogP contribution >= 0.6 is 0 Å². The number of allylic oxidation sites excluding steroid dienone is 1. The molecule has 0 radical (unpaired) electrons. The van der Waals surface area contributed by atoms with Gasteiger partial charge in [0.2, 0.25) is 0 Å². The summed E-state index contributed by atoms with van der Waals surface area (Å²) in [6, 6.07) is 3.25. The summed E-state index contributed by atoms with van der Waals surface area (Å²) in [5.74, 6) is -2.39. The fourth-order valence-electron chi connectivity index (χ4n) is 1.40. The number of alkyl halides is 4. The Balaban J connectivity index is 3.16. The third kappa shape index (κ3) is 4.79. The lowest BCUT2D eigenvalue weighted by molar-refractivity contribution is -0.131. The van der Waals surface area contributed by atoms with Crippen LogP contribution in [0.1, 0.15) is 12.5 Å². The van der Waals surface area contributed by atoms with E-state index in [1.807, 2.05) is 0 Å². The van der Waals surface area contributed by atoms with Crippen molar-refractivity contribution in [3.63, 3.8) is 0 Å². The van der Waals surface area contributed by atoms with Gasteiger partial charge in [-0.05, 0) is 30.2 Å². The quantitative estimate of drug-likeness (QED) is 0.645. The van der Waals surface area contributed by atoms with E-state index in [2.05, 4.69) is 9.47 Å². The molecule has 0 saturated carbocycles. The van der Waals surface area contributed by atoms with Gasteiger partial charge in [0, 0.05) is 6.08 Å². The van der Waals surface area contributed by atoms with Crippen molar-refractivity contribution in [1.82, 2.24) is 0 Å². The number of aliphatic carboxylic acids is 1. The third-order valence-corrected chi connectivity index (χ3v) is 2.17. The zero-order chi connectivity index (χ0) is 15.3. The molecule has 8 heteroatoms. The van der Waals surface area contributed by atoms with Crippen molar-refractivity contribution < 1.29 is 36.9 Å². The number of benzene rings is 1. The van der Waals surface area contributed by atoms with E-state index in [1.165, 1.54) is 13.0 Å². The van der Waals surface area contributed by atoms with Gasteiger partial charge in [0.25, 0.3) is 0 Å². The minimum Gasteiger partial charge on any atom is -0.478 e. The Kier molecular flexibility index (Phi) is 5.36. The van der Waals surface area contributed by atoms with Gasteiger partial charge in [-0.15, -0.1) is 0 Å². The molecule has 0 spiro atoms. The average molecular weight is 294 g/mol. The van der Waals surface area contributed by atoms with Crippen molar-refractivity contribution in [3.05, 3.63) is 29.8 Å². The zero-order valence-electron chi connectivity index (χ0n) is 10.1. The van der Waals surface area contributed by atoms with Gasteiger partial charge in [-0.3, -0.25) is 0 Å². The van der Waals surface area contributed by atoms with Crippen LogP contribution in [0.15, 0.2) is 24.3 Å². The number of rotatable bonds is 6.